The van der Waals surface area contributed by atoms with Gasteiger partial charge < -0.3 is 5.32 Å². The molecule has 0 bridgehead atoms. The number of hydrogen-bond acceptors (Lipinski definition) is 4. The van der Waals surface area contributed by atoms with Crippen LogP contribution < -0.4 is 10.9 Å². The lowest BCUT2D eigenvalue weighted by Crippen LogP contribution is -2.23. The van der Waals surface area contributed by atoms with Crippen LogP contribution in [0.25, 0.3) is 16.7 Å². The Morgan fingerprint density at radius 2 is 1.90 bits per heavy atom. The van der Waals surface area contributed by atoms with Crippen molar-refractivity contribution in [3.8, 4) is 5.69 Å². The fourth-order valence-electron chi connectivity index (χ4n) is 2.90. The van der Waals surface area contributed by atoms with Gasteiger partial charge in [0.1, 0.15) is 11.2 Å². The van der Waals surface area contributed by atoms with E-state index >= 15 is 0 Å². The molecule has 0 radical (unpaired) electrons. The van der Waals surface area contributed by atoms with Gasteiger partial charge in [-0.15, -0.1) is 0 Å². The molecule has 10 heteroatoms. The Bertz CT molecular complexity index is 1300. The van der Waals surface area contributed by atoms with Crippen LogP contribution in [0.4, 0.5) is 10.1 Å². The first-order valence-electron chi connectivity index (χ1n) is 8.86. The highest BCUT2D eigenvalue weighted by atomic mass is 35.5. The summed E-state index contributed by atoms with van der Waals surface area (Å²) in [5, 5.41) is 7.94. The second-order valence-electron chi connectivity index (χ2n) is 6.44. The van der Waals surface area contributed by atoms with E-state index in [4.69, 9.17) is 23.2 Å². The number of carbonyl (C=O) groups is 1. The first kappa shape index (κ1) is 20.1. The second kappa shape index (κ2) is 8.25. The number of carbonyl (C=O) groups excluding carboxylic acids is 1. The average molecular weight is 446 g/mol. The number of benzene rings is 2. The first-order valence-corrected chi connectivity index (χ1v) is 9.62. The predicted octanol–water partition coefficient (Wildman–Crippen LogP) is 4.06. The number of fused-ring (bicyclic) bond motifs is 1. The van der Waals surface area contributed by atoms with Crippen LogP contribution in [0.2, 0.25) is 10.0 Å². The summed E-state index contributed by atoms with van der Waals surface area (Å²) in [5.74, 6) is -0.683. The highest BCUT2D eigenvalue weighted by Crippen LogP contribution is 2.25. The maximum atomic E-state index is 13.1. The van der Waals surface area contributed by atoms with E-state index < -0.39 is 0 Å². The maximum Gasteiger partial charge on any atom is 0.264 e. The van der Waals surface area contributed by atoms with Crippen LogP contribution in [-0.2, 0) is 11.3 Å². The second-order valence-corrected chi connectivity index (χ2v) is 7.28. The molecule has 4 rings (SSSR count). The lowest BCUT2D eigenvalue weighted by atomic mass is 10.3. The molecule has 152 valence electrons. The molecule has 4 aromatic rings. The monoisotopic (exact) mass is 445 g/mol. The van der Waals surface area contributed by atoms with Gasteiger partial charge in [-0.2, -0.15) is 5.10 Å². The van der Waals surface area contributed by atoms with E-state index in [2.05, 4.69) is 15.4 Å². The smallest absolute Gasteiger partial charge is 0.264 e. The normalized spacial score (nSPS) is 11.0. The number of anilines is 1. The molecule has 30 heavy (non-hydrogen) atoms. The van der Waals surface area contributed by atoms with Gasteiger partial charge in [0.05, 0.1) is 28.9 Å². The van der Waals surface area contributed by atoms with Crippen LogP contribution in [0.15, 0.2) is 59.8 Å². The van der Waals surface area contributed by atoms with E-state index in [1.165, 1.54) is 40.0 Å². The summed E-state index contributed by atoms with van der Waals surface area (Å²) in [6.07, 6.45) is 2.80. The van der Waals surface area contributed by atoms with Crippen LogP contribution in [0, 0.1) is 5.82 Å². The Balaban J connectivity index is 1.51. The number of rotatable bonds is 5. The molecular formula is C20H14Cl2FN5O2. The highest BCUT2D eigenvalue weighted by molar-refractivity contribution is 6.36. The van der Waals surface area contributed by atoms with Crippen molar-refractivity contribution in [3.05, 3.63) is 81.2 Å². The van der Waals surface area contributed by atoms with Gasteiger partial charge in [0, 0.05) is 18.0 Å². The molecule has 0 aliphatic heterocycles. The Hall–Kier alpha value is -3.23. The third kappa shape index (κ3) is 4.05. The zero-order valence-electron chi connectivity index (χ0n) is 15.3. The van der Waals surface area contributed by atoms with Crippen molar-refractivity contribution in [1.82, 2.24) is 19.3 Å². The molecule has 0 aliphatic carbocycles. The number of amides is 1. The average Bonchev–Trinajstić information content (AvgIpc) is 3.15. The highest BCUT2D eigenvalue weighted by Gasteiger charge is 2.13. The van der Waals surface area contributed by atoms with Gasteiger partial charge in [0.15, 0.2) is 5.65 Å². The summed E-state index contributed by atoms with van der Waals surface area (Å²) in [5.41, 5.74) is 1.04. The molecule has 0 aliphatic rings. The van der Waals surface area contributed by atoms with Crippen molar-refractivity contribution >= 4 is 45.8 Å². The van der Waals surface area contributed by atoms with E-state index in [0.29, 0.717) is 32.5 Å². The number of halogens is 3. The molecule has 0 unspecified atom stereocenters. The molecule has 0 saturated heterocycles. The number of nitrogens with one attached hydrogen (secondary N) is 1. The van der Waals surface area contributed by atoms with Crippen molar-refractivity contribution in [1.29, 1.82) is 0 Å². The van der Waals surface area contributed by atoms with Crippen LogP contribution in [0.1, 0.15) is 6.42 Å². The van der Waals surface area contributed by atoms with E-state index in [-0.39, 0.29) is 30.2 Å². The van der Waals surface area contributed by atoms with E-state index in [1.807, 2.05) is 0 Å². The fraction of sp³-hybridized carbons (Fsp3) is 0.100. The van der Waals surface area contributed by atoms with Gasteiger partial charge in [0.25, 0.3) is 5.56 Å². The predicted molar refractivity (Wildman–Crippen MR) is 113 cm³/mol. The number of aromatic nitrogens is 4. The lowest BCUT2D eigenvalue weighted by molar-refractivity contribution is -0.116. The van der Waals surface area contributed by atoms with Crippen molar-refractivity contribution in [2.24, 2.45) is 0 Å². The Labute approximate surface area is 179 Å². The lowest BCUT2D eigenvalue weighted by Gasteiger charge is -2.09. The molecule has 1 N–H and O–H groups in total. The molecule has 0 spiro atoms. The minimum Gasteiger partial charge on any atom is -0.325 e. The van der Waals surface area contributed by atoms with Gasteiger partial charge >= 0.3 is 0 Å². The van der Waals surface area contributed by atoms with E-state index in [9.17, 15) is 14.0 Å². The van der Waals surface area contributed by atoms with Crippen molar-refractivity contribution in [2.75, 3.05) is 5.32 Å². The third-order valence-corrected chi connectivity index (χ3v) is 4.96. The molecule has 2 aromatic carbocycles. The summed E-state index contributed by atoms with van der Waals surface area (Å²) in [7, 11) is 0. The molecule has 1 amide bonds. The summed E-state index contributed by atoms with van der Waals surface area (Å²) in [6.45, 7) is 0.126. The Morgan fingerprint density at radius 1 is 1.13 bits per heavy atom. The maximum absolute atomic E-state index is 13.1. The van der Waals surface area contributed by atoms with E-state index in [0.717, 1.165) is 0 Å². The minimum absolute atomic E-state index is 0.0398. The fourth-order valence-corrected chi connectivity index (χ4v) is 3.36. The number of aryl methyl sites for hydroxylation is 1. The van der Waals surface area contributed by atoms with Crippen molar-refractivity contribution in [3.63, 3.8) is 0 Å². The standard InChI is InChI=1S/C20H14Cl2FN5O2/c21-12-1-6-17(16(22)9-12)26-18(29)7-8-27-11-24-19-15(20(27)30)10-25-28(19)14-4-2-13(23)3-5-14/h1-6,9-11H,7-8H2,(H,26,29). The SMILES string of the molecule is O=C(CCn1cnc2c(cnn2-c2ccc(F)cc2)c1=O)Nc1ccc(Cl)cc1Cl. The van der Waals surface area contributed by atoms with Gasteiger partial charge in [-0.05, 0) is 42.5 Å². The largest absolute Gasteiger partial charge is 0.325 e. The number of nitrogens with zero attached hydrogens (tertiary/aromatic N) is 4. The van der Waals surface area contributed by atoms with E-state index in [1.54, 1.807) is 24.3 Å². The molecule has 0 atom stereocenters. The van der Waals surface area contributed by atoms with Crippen LogP contribution in [0.5, 0.6) is 0 Å². The quantitative estimate of drug-likeness (QED) is 0.502. The summed E-state index contributed by atoms with van der Waals surface area (Å²) >= 11 is 11.9. The Kier molecular flexibility index (Phi) is 5.52. The number of hydrogen-bond donors (Lipinski definition) is 1. The Morgan fingerprint density at radius 3 is 2.63 bits per heavy atom. The van der Waals surface area contributed by atoms with Crippen LogP contribution >= 0.6 is 23.2 Å². The molecule has 0 fully saturated rings. The molecule has 2 heterocycles. The van der Waals surface area contributed by atoms with Gasteiger partial charge in [-0.1, -0.05) is 23.2 Å². The molecule has 7 nitrogen and oxygen atoms in total. The summed E-state index contributed by atoms with van der Waals surface area (Å²) in [6, 6.07) is 10.4. The van der Waals surface area contributed by atoms with Crippen LogP contribution in [-0.4, -0.2) is 25.2 Å². The summed E-state index contributed by atoms with van der Waals surface area (Å²) in [4.78, 5) is 29.2. The van der Waals surface area contributed by atoms with Crippen molar-refractivity contribution < 1.29 is 9.18 Å². The zero-order valence-corrected chi connectivity index (χ0v) is 16.9. The molecule has 0 saturated carbocycles. The topological polar surface area (TPSA) is 81.8 Å². The minimum atomic E-state index is -0.372. The van der Waals surface area contributed by atoms with Gasteiger partial charge in [0.2, 0.25) is 5.91 Å². The molecule has 2 aromatic heterocycles. The van der Waals surface area contributed by atoms with Gasteiger partial charge in [-0.3, -0.25) is 14.2 Å². The third-order valence-electron chi connectivity index (χ3n) is 4.41. The molecular weight excluding hydrogens is 432 g/mol. The van der Waals surface area contributed by atoms with Crippen LogP contribution in [0.3, 0.4) is 0 Å². The zero-order chi connectivity index (χ0) is 21.3. The first-order chi connectivity index (χ1) is 14.4. The van der Waals surface area contributed by atoms with Gasteiger partial charge in [-0.25, -0.2) is 14.1 Å². The summed E-state index contributed by atoms with van der Waals surface area (Å²) < 4.78 is 15.9. The van der Waals surface area contributed by atoms with Crippen molar-refractivity contribution in [2.45, 2.75) is 13.0 Å².